The van der Waals surface area contributed by atoms with E-state index in [0.717, 1.165) is 32.8 Å². The molecule has 0 unspecified atom stereocenters. The first kappa shape index (κ1) is 23.1. The number of benzene rings is 2. The molecule has 1 aliphatic rings. The molecule has 3 rings (SSSR count). The third kappa shape index (κ3) is 7.54. The molecule has 2 aromatic rings. The lowest BCUT2D eigenvalue weighted by molar-refractivity contribution is 0.0341. The lowest BCUT2D eigenvalue weighted by Gasteiger charge is -2.27. The van der Waals surface area contributed by atoms with Gasteiger partial charge >= 0.3 is 0 Å². The summed E-state index contributed by atoms with van der Waals surface area (Å²) in [7, 11) is 1.74. The number of guanidine groups is 1. The maximum atomic E-state index is 12.1. The first-order valence-electron chi connectivity index (χ1n) is 10.5. The molecule has 0 saturated carbocycles. The Morgan fingerprint density at radius 3 is 2.39 bits per heavy atom. The molecule has 8 heteroatoms. The number of nitrogens with zero attached hydrogens (tertiary/aromatic N) is 2. The molecular formula is C23H30ClN5O2. The normalized spacial score (nSPS) is 14.8. The number of halogens is 1. The van der Waals surface area contributed by atoms with Crippen LogP contribution in [0.5, 0.6) is 0 Å². The SMILES string of the molecule is CN=C(NCCNC(=O)c1ccc(Cl)cc1)NCc1ccccc1CN1CCOCC1. The number of hydrogen-bond acceptors (Lipinski definition) is 4. The van der Waals surface area contributed by atoms with Crippen molar-refractivity contribution in [2.75, 3.05) is 46.4 Å². The Balaban J connectivity index is 1.42. The second-order valence-electron chi connectivity index (χ2n) is 7.27. The molecule has 166 valence electrons. The summed E-state index contributed by atoms with van der Waals surface area (Å²) < 4.78 is 5.44. The molecule has 0 atom stereocenters. The Hall–Kier alpha value is -2.61. The lowest BCUT2D eigenvalue weighted by Crippen LogP contribution is -2.41. The molecule has 31 heavy (non-hydrogen) atoms. The van der Waals surface area contributed by atoms with Crippen LogP contribution in [0.4, 0.5) is 0 Å². The molecular weight excluding hydrogens is 414 g/mol. The molecule has 0 spiro atoms. The zero-order chi connectivity index (χ0) is 21.9. The quantitative estimate of drug-likeness (QED) is 0.331. The molecule has 1 heterocycles. The van der Waals surface area contributed by atoms with Crippen LogP contribution in [0.2, 0.25) is 5.02 Å². The molecule has 0 radical (unpaired) electrons. The van der Waals surface area contributed by atoms with Crippen LogP contribution in [-0.4, -0.2) is 63.2 Å². The second-order valence-corrected chi connectivity index (χ2v) is 7.71. The van der Waals surface area contributed by atoms with Crippen molar-refractivity contribution in [3.05, 3.63) is 70.2 Å². The minimum absolute atomic E-state index is 0.126. The molecule has 7 nitrogen and oxygen atoms in total. The lowest BCUT2D eigenvalue weighted by atomic mass is 10.1. The number of ether oxygens (including phenoxy) is 1. The van der Waals surface area contributed by atoms with Gasteiger partial charge in [-0.2, -0.15) is 0 Å². The summed E-state index contributed by atoms with van der Waals surface area (Å²) in [5.41, 5.74) is 3.14. The van der Waals surface area contributed by atoms with E-state index in [1.165, 1.54) is 11.1 Å². The Bertz CT molecular complexity index is 867. The van der Waals surface area contributed by atoms with Gasteiger partial charge in [0, 0.05) is 56.9 Å². The number of aliphatic imine (C=N–C) groups is 1. The van der Waals surface area contributed by atoms with E-state index < -0.39 is 0 Å². The summed E-state index contributed by atoms with van der Waals surface area (Å²) in [5.74, 6) is 0.570. The topological polar surface area (TPSA) is 78.0 Å². The Labute approximate surface area is 188 Å². The summed E-state index contributed by atoms with van der Waals surface area (Å²) >= 11 is 5.86. The van der Waals surface area contributed by atoms with Crippen LogP contribution in [0.25, 0.3) is 0 Å². The predicted octanol–water partition coefficient (Wildman–Crippen LogP) is 2.27. The molecule has 1 aliphatic heterocycles. The van der Waals surface area contributed by atoms with Crippen molar-refractivity contribution in [1.29, 1.82) is 0 Å². The third-order valence-corrected chi connectivity index (χ3v) is 5.35. The highest BCUT2D eigenvalue weighted by atomic mass is 35.5. The number of carbonyl (C=O) groups is 1. The van der Waals surface area contributed by atoms with E-state index in [-0.39, 0.29) is 5.91 Å². The van der Waals surface area contributed by atoms with Gasteiger partial charge in [0.15, 0.2) is 5.96 Å². The highest BCUT2D eigenvalue weighted by Crippen LogP contribution is 2.13. The molecule has 2 aromatic carbocycles. The second kappa shape index (κ2) is 12.3. The van der Waals surface area contributed by atoms with Gasteiger partial charge in [0.05, 0.1) is 13.2 Å². The standard InChI is InChI=1S/C23H30ClN5O2/c1-25-23(27-11-10-26-22(30)18-6-8-21(24)9-7-18)28-16-19-4-2-3-5-20(19)17-29-12-14-31-15-13-29/h2-9H,10-17H2,1H3,(H,26,30)(H2,25,27,28). The molecule has 1 saturated heterocycles. The molecule has 3 N–H and O–H groups in total. The maximum Gasteiger partial charge on any atom is 0.251 e. The van der Waals surface area contributed by atoms with Gasteiger partial charge in [0.1, 0.15) is 0 Å². The van der Waals surface area contributed by atoms with E-state index in [4.69, 9.17) is 16.3 Å². The monoisotopic (exact) mass is 443 g/mol. The zero-order valence-electron chi connectivity index (χ0n) is 17.9. The van der Waals surface area contributed by atoms with E-state index in [1.807, 2.05) is 0 Å². The minimum Gasteiger partial charge on any atom is -0.379 e. The van der Waals surface area contributed by atoms with Crippen molar-refractivity contribution < 1.29 is 9.53 Å². The van der Waals surface area contributed by atoms with Crippen LogP contribution < -0.4 is 16.0 Å². The fourth-order valence-corrected chi connectivity index (χ4v) is 3.47. The summed E-state index contributed by atoms with van der Waals surface area (Å²) in [6, 6.07) is 15.3. The van der Waals surface area contributed by atoms with Crippen molar-refractivity contribution in [1.82, 2.24) is 20.9 Å². The fourth-order valence-electron chi connectivity index (χ4n) is 3.34. The Morgan fingerprint density at radius 2 is 1.68 bits per heavy atom. The maximum absolute atomic E-state index is 12.1. The van der Waals surface area contributed by atoms with E-state index in [9.17, 15) is 4.79 Å². The minimum atomic E-state index is -0.126. The van der Waals surface area contributed by atoms with Crippen LogP contribution in [0, 0.1) is 0 Å². The van der Waals surface area contributed by atoms with Crippen molar-refractivity contribution in [3.8, 4) is 0 Å². The summed E-state index contributed by atoms with van der Waals surface area (Å²) in [6.45, 7) is 6.17. The number of hydrogen-bond donors (Lipinski definition) is 3. The van der Waals surface area contributed by atoms with E-state index in [1.54, 1.807) is 31.3 Å². The van der Waals surface area contributed by atoms with Crippen molar-refractivity contribution in [2.45, 2.75) is 13.1 Å². The summed E-state index contributed by atoms with van der Waals surface area (Å²) in [5, 5.41) is 10.1. The van der Waals surface area contributed by atoms with E-state index >= 15 is 0 Å². The van der Waals surface area contributed by atoms with Crippen LogP contribution in [0.15, 0.2) is 53.5 Å². The summed E-state index contributed by atoms with van der Waals surface area (Å²) in [4.78, 5) is 18.8. The van der Waals surface area contributed by atoms with Gasteiger partial charge in [-0.05, 0) is 35.4 Å². The average molecular weight is 444 g/mol. The number of carbonyl (C=O) groups excluding carboxylic acids is 1. The Morgan fingerprint density at radius 1 is 1.00 bits per heavy atom. The number of amides is 1. The van der Waals surface area contributed by atoms with Crippen molar-refractivity contribution >= 4 is 23.5 Å². The third-order valence-electron chi connectivity index (χ3n) is 5.10. The molecule has 0 bridgehead atoms. The zero-order valence-corrected chi connectivity index (χ0v) is 18.6. The predicted molar refractivity (Wildman–Crippen MR) is 125 cm³/mol. The number of nitrogens with one attached hydrogen (secondary N) is 3. The largest absolute Gasteiger partial charge is 0.379 e. The summed E-state index contributed by atoms with van der Waals surface area (Å²) in [6.07, 6.45) is 0. The highest BCUT2D eigenvalue weighted by Gasteiger charge is 2.13. The van der Waals surface area contributed by atoms with Crippen LogP contribution in [0.3, 0.4) is 0 Å². The van der Waals surface area contributed by atoms with Gasteiger partial charge in [0.25, 0.3) is 5.91 Å². The van der Waals surface area contributed by atoms with Crippen molar-refractivity contribution in [3.63, 3.8) is 0 Å². The molecule has 1 fully saturated rings. The highest BCUT2D eigenvalue weighted by molar-refractivity contribution is 6.30. The molecule has 0 aliphatic carbocycles. The smallest absolute Gasteiger partial charge is 0.251 e. The van der Waals surface area contributed by atoms with Gasteiger partial charge in [-0.3, -0.25) is 14.7 Å². The van der Waals surface area contributed by atoms with Crippen LogP contribution >= 0.6 is 11.6 Å². The van der Waals surface area contributed by atoms with Crippen LogP contribution in [-0.2, 0) is 17.8 Å². The first-order chi connectivity index (χ1) is 15.2. The number of rotatable bonds is 8. The molecule has 0 aromatic heterocycles. The van der Waals surface area contributed by atoms with Gasteiger partial charge in [-0.15, -0.1) is 0 Å². The average Bonchev–Trinajstić information content (AvgIpc) is 2.80. The van der Waals surface area contributed by atoms with Gasteiger partial charge in [-0.25, -0.2) is 0 Å². The van der Waals surface area contributed by atoms with Crippen molar-refractivity contribution in [2.24, 2.45) is 4.99 Å². The molecule has 1 amide bonds. The Kier molecular flexibility index (Phi) is 9.15. The number of morpholine rings is 1. The first-order valence-corrected chi connectivity index (χ1v) is 10.9. The van der Waals surface area contributed by atoms with Gasteiger partial charge in [-0.1, -0.05) is 35.9 Å². The van der Waals surface area contributed by atoms with Crippen LogP contribution in [0.1, 0.15) is 21.5 Å². The van der Waals surface area contributed by atoms with E-state index in [0.29, 0.717) is 36.2 Å². The van der Waals surface area contributed by atoms with E-state index in [2.05, 4.69) is 50.1 Å². The fraction of sp³-hybridized carbons (Fsp3) is 0.391. The van der Waals surface area contributed by atoms with Gasteiger partial charge < -0.3 is 20.7 Å². The van der Waals surface area contributed by atoms with Gasteiger partial charge in [0.2, 0.25) is 0 Å².